The number of nitrogens with one attached hydrogen (secondary N) is 2. The molecule has 2 rings (SSSR count). The molecule has 4 N–H and O–H groups in total. The fourth-order valence-electron chi connectivity index (χ4n) is 2.56. The van der Waals surface area contributed by atoms with E-state index in [4.69, 9.17) is 4.74 Å². The molecular weight excluding hydrogens is 284 g/mol. The summed E-state index contributed by atoms with van der Waals surface area (Å²) in [7, 11) is 1.84. The van der Waals surface area contributed by atoms with Crippen molar-refractivity contribution in [1.29, 1.82) is 0 Å². The summed E-state index contributed by atoms with van der Waals surface area (Å²) >= 11 is 0. The largest absolute Gasteiger partial charge is 0.492 e. The Labute approximate surface area is 130 Å². The molecule has 1 aromatic carbocycles. The minimum Gasteiger partial charge on any atom is -0.492 e. The summed E-state index contributed by atoms with van der Waals surface area (Å²) in [5.74, 6) is 0.365. The number of ether oxygens (including phenoxy) is 1. The number of rotatable bonds is 6. The molecule has 3 atom stereocenters. The van der Waals surface area contributed by atoms with Gasteiger partial charge in [-0.2, -0.15) is 0 Å². The van der Waals surface area contributed by atoms with Crippen LogP contribution in [0.2, 0.25) is 0 Å². The fraction of sp³-hybridized carbons (Fsp3) is 0.562. The molecule has 0 aromatic heterocycles. The van der Waals surface area contributed by atoms with Crippen molar-refractivity contribution in [2.75, 3.05) is 20.2 Å². The minimum absolute atomic E-state index is 0.266. The highest BCUT2D eigenvalue weighted by Gasteiger charge is 2.31. The quantitative estimate of drug-likeness (QED) is 0.567. The first-order chi connectivity index (χ1) is 10.6. The molecule has 122 valence electrons. The lowest BCUT2D eigenvalue weighted by molar-refractivity contribution is -0.0278. The van der Waals surface area contributed by atoms with Crippen LogP contribution in [-0.4, -0.2) is 54.6 Å². The van der Waals surface area contributed by atoms with E-state index in [-0.39, 0.29) is 5.91 Å². The lowest BCUT2D eigenvalue weighted by Crippen LogP contribution is -2.51. The summed E-state index contributed by atoms with van der Waals surface area (Å²) in [6.45, 7) is 1.25. The van der Waals surface area contributed by atoms with Crippen LogP contribution in [0.1, 0.15) is 29.6 Å². The number of hydrogen-bond donors (Lipinski definition) is 4. The maximum absolute atomic E-state index is 12.3. The van der Waals surface area contributed by atoms with Crippen molar-refractivity contribution in [3.8, 4) is 5.75 Å². The predicted molar refractivity (Wildman–Crippen MR) is 83.0 cm³/mol. The van der Waals surface area contributed by atoms with E-state index in [9.17, 15) is 15.0 Å². The Kier molecular flexibility index (Phi) is 6.18. The Balaban J connectivity index is 1.95. The Morgan fingerprint density at radius 2 is 2.18 bits per heavy atom. The Morgan fingerprint density at radius 3 is 2.95 bits per heavy atom. The zero-order chi connectivity index (χ0) is 15.9. The molecule has 1 aliphatic carbocycles. The van der Waals surface area contributed by atoms with E-state index in [0.717, 1.165) is 13.0 Å². The summed E-state index contributed by atoms with van der Waals surface area (Å²) in [4.78, 5) is 12.3. The van der Waals surface area contributed by atoms with Crippen LogP contribution in [0, 0.1) is 0 Å². The molecule has 1 amide bonds. The molecule has 0 bridgehead atoms. The third-order valence-corrected chi connectivity index (χ3v) is 3.86. The van der Waals surface area contributed by atoms with Crippen molar-refractivity contribution in [3.05, 3.63) is 29.8 Å². The van der Waals surface area contributed by atoms with E-state index in [2.05, 4.69) is 10.6 Å². The monoisotopic (exact) mass is 308 g/mol. The average Bonchev–Trinajstić information content (AvgIpc) is 2.52. The first-order valence-corrected chi connectivity index (χ1v) is 7.66. The normalized spacial score (nSPS) is 24.8. The SMILES string of the molecule is CNCCOc1cccc(C(=O)N[C@@H]2CCC[C@@H](O)[C@@H]2O)c1. The fourth-order valence-corrected chi connectivity index (χ4v) is 2.56. The summed E-state index contributed by atoms with van der Waals surface area (Å²) in [6.07, 6.45) is 0.351. The van der Waals surface area contributed by atoms with E-state index < -0.39 is 18.2 Å². The van der Waals surface area contributed by atoms with Gasteiger partial charge in [0.2, 0.25) is 0 Å². The van der Waals surface area contributed by atoms with Gasteiger partial charge in [0.1, 0.15) is 12.4 Å². The third-order valence-electron chi connectivity index (χ3n) is 3.86. The molecule has 0 radical (unpaired) electrons. The maximum atomic E-state index is 12.3. The van der Waals surface area contributed by atoms with Crippen LogP contribution >= 0.6 is 0 Å². The number of hydrogen-bond acceptors (Lipinski definition) is 5. The predicted octanol–water partition coefficient (Wildman–Crippen LogP) is 0.289. The zero-order valence-electron chi connectivity index (χ0n) is 12.8. The van der Waals surface area contributed by atoms with Crippen molar-refractivity contribution in [3.63, 3.8) is 0 Å². The molecule has 1 aromatic rings. The Bertz CT molecular complexity index is 495. The second-order valence-corrected chi connectivity index (χ2v) is 5.55. The molecule has 6 nitrogen and oxygen atoms in total. The molecule has 1 aliphatic rings. The van der Waals surface area contributed by atoms with Crippen molar-refractivity contribution >= 4 is 5.91 Å². The second kappa shape index (κ2) is 8.12. The van der Waals surface area contributed by atoms with E-state index in [1.807, 2.05) is 7.05 Å². The minimum atomic E-state index is -0.909. The number of benzene rings is 1. The summed E-state index contributed by atoms with van der Waals surface area (Å²) in [5.41, 5.74) is 0.481. The second-order valence-electron chi connectivity index (χ2n) is 5.55. The van der Waals surface area contributed by atoms with Crippen LogP contribution in [0.15, 0.2) is 24.3 Å². The molecule has 0 spiro atoms. The van der Waals surface area contributed by atoms with Gasteiger partial charge in [-0.3, -0.25) is 4.79 Å². The lowest BCUT2D eigenvalue weighted by Gasteiger charge is -2.32. The van der Waals surface area contributed by atoms with Crippen LogP contribution < -0.4 is 15.4 Å². The number of aliphatic hydroxyl groups is 2. The highest BCUT2D eigenvalue weighted by molar-refractivity contribution is 5.94. The van der Waals surface area contributed by atoms with Gasteiger partial charge >= 0.3 is 0 Å². The van der Waals surface area contributed by atoms with Gasteiger partial charge in [0.05, 0.1) is 18.2 Å². The molecule has 0 heterocycles. The van der Waals surface area contributed by atoms with Crippen LogP contribution in [0.3, 0.4) is 0 Å². The summed E-state index contributed by atoms with van der Waals surface area (Å²) in [6, 6.07) is 6.52. The summed E-state index contributed by atoms with van der Waals surface area (Å²) < 4.78 is 5.53. The van der Waals surface area contributed by atoms with Gasteiger partial charge in [-0.05, 0) is 44.5 Å². The van der Waals surface area contributed by atoms with Crippen LogP contribution in [-0.2, 0) is 0 Å². The van der Waals surface area contributed by atoms with Crippen molar-refractivity contribution in [2.24, 2.45) is 0 Å². The smallest absolute Gasteiger partial charge is 0.251 e. The van der Waals surface area contributed by atoms with Gasteiger partial charge in [-0.15, -0.1) is 0 Å². The molecule has 1 fully saturated rings. The van der Waals surface area contributed by atoms with E-state index >= 15 is 0 Å². The number of carbonyl (C=O) groups is 1. The van der Waals surface area contributed by atoms with E-state index in [1.54, 1.807) is 24.3 Å². The van der Waals surface area contributed by atoms with Gasteiger partial charge < -0.3 is 25.6 Å². The van der Waals surface area contributed by atoms with Gasteiger partial charge in [0.25, 0.3) is 5.91 Å². The molecule has 0 unspecified atom stereocenters. The maximum Gasteiger partial charge on any atom is 0.251 e. The average molecular weight is 308 g/mol. The van der Waals surface area contributed by atoms with Gasteiger partial charge in [-0.1, -0.05) is 6.07 Å². The van der Waals surface area contributed by atoms with Crippen LogP contribution in [0.5, 0.6) is 5.75 Å². The summed E-state index contributed by atoms with van der Waals surface area (Å²) in [5, 5.41) is 25.4. The molecule has 0 saturated heterocycles. The number of aliphatic hydroxyl groups excluding tert-OH is 2. The topological polar surface area (TPSA) is 90.8 Å². The van der Waals surface area contributed by atoms with Gasteiger partial charge in [0.15, 0.2) is 0 Å². The molecule has 1 saturated carbocycles. The van der Waals surface area contributed by atoms with Crippen molar-refractivity contribution < 1.29 is 19.7 Å². The highest BCUT2D eigenvalue weighted by atomic mass is 16.5. The van der Waals surface area contributed by atoms with Crippen LogP contribution in [0.4, 0.5) is 0 Å². The Morgan fingerprint density at radius 1 is 1.36 bits per heavy atom. The van der Waals surface area contributed by atoms with Crippen molar-refractivity contribution in [2.45, 2.75) is 37.5 Å². The first-order valence-electron chi connectivity index (χ1n) is 7.66. The van der Waals surface area contributed by atoms with Crippen LogP contribution in [0.25, 0.3) is 0 Å². The number of amides is 1. The number of likely N-dealkylation sites (N-methyl/N-ethyl adjacent to an activating group) is 1. The molecular formula is C16H24N2O4. The highest BCUT2D eigenvalue weighted by Crippen LogP contribution is 2.20. The number of carbonyl (C=O) groups excluding carboxylic acids is 1. The molecule has 22 heavy (non-hydrogen) atoms. The first kappa shape index (κ1) is 16.7. The molecule has 6 heteroatoms. The standard InChI is InChI=1S/C16H24N2O4/c1-17-8-9-22-12-5-2-4-11(10-12)16(21)18-13-6-3-7-14(19)15(13)20/h2,4-5,10,13-15,17,19-20H,3,6-9H2,1H3,(H,18,21)/t13-,14-,15-/m1/s1. The van der Waals surface area contributed by atoms with Gasteiger partial charge in [0, 0.05) is 12.1 Å². The van der Waals surface area contributed by atoms with Crippen molar-refractivity contribution in [1.82, 2.24) is 10.6 Å². The van der Waals surface area contributed by atoms with E-state index in [1.165, 1.54) is 0 Å². The third kappa shape index (κ3) is 4.43. The zero-order valence-corrected chi connectivity index (χ0v) is 12.8. The Hall–Kier alpha value is -1.63. The van der Waals surface area contributed by atoms with Gasteiger partial charge in [-0.25, -0.2) is 0 Å². The lowest BCUT2D eigenvalue weighted by atomic mass is 9.90. The molecule has 0 aliphatic heterocycles. The van der Waals surface area contributed by atoms with E-state index in [0.29, 0.717) is 30.8 Å².